The lowest BCUT2D eigenvalue weighted by Crippen LogP contribution is -2.23. The maximum absolute atomic E-state index is 12.4. The fourth-order valence-electron chi connectivity index (χ4n) is 1.70. The van der Waals surface area contributed by atoms with Gasteiger partial charge in [-0.1, -0.05) is 18.2 Å². The Bertz CT molecular complexity index is 707. The fourth-order valence-corrected chi connectivity index (χ4v) is 2.75. The maximum Gasteiger partial charge on any atom is 0.248 e. The average molecular weight is 338 g/mol. The van der Waals surface area contributed by atoms with Crippen molar-refractivity contribution in [3.05, 3.63) is 42.5 Å². The van der Waals surface area contributed by atoms with Gasteiger partial charge in [0.05, 0.1) is 6.61 Å². The summed E-state index contributed by atoms with van der Waals surface area (Å²) in [5, 5.41) is 2.62. The molecule has 1 amide bonds. The van der Waals surface area contributed by atoms with Crippen molar-refractivity contribution in [3.63, 3.8) is 0 Å². The first-order chi connectivity index (χ1) is 10.8. The summed E-state index contributed by atoms with van der Waals surface area (Å²) in [6.07, 6.45) is 6.47. The minimum Gasteiger partial charge on any atom is -0.492 e. The molecule has 0 spiro atoms. The normalized spacial score (nSPS) is 12.2. The van der Waals surface area contributed by atoms with Crippen molar-refractivity contribution in [1.82, 2.24) is 4.31 Å². The monoisotopic (exact) mass is 338 g/mol. The third kappa shape index (κ3) is 5.22. The Hall–Kier alpha value is -2.12. The van der Waals surface area contributed by atoms with Crippen LogP contribution in [-0.4, -0.2) is 39.3 Å². The van der Waals surface area contributed by atoms with Gasteiger partial charge in [-0.2, -0.15) is 0 Å². The van der Waals surface area contributed by atoms with Crippen LogP contribution in [0.25, 0.3) is 0 Å². The van der Waals surface area contributed by atoms with Crippen LogP contribution in [0.3, 0.4) is 0 Å². The summed E-state index contributed by atoms with van der Waals surface area (Å²) in [5.41, 5.74) is 0.379. The smallest absolute Gasteiger partial charge is 0.248 e. The van der Waals surface area contributed by atoms with Gasteiger partial charge in [-0.3, -0.25) is 4.79 Å². The highest BCUT2D eigenvalue weighted by Gasteiger charge is 2.23. The third-order valence-corrected chi connectivity index (χ3v) is 4.66. The SMILES string of the molecule is C/C=C/C=C/C(=O)Nc1ccc(OCC)c(S(=O)(=O)N(C)C)c1. The largest absolute Gasteiger partial charge is 0.492 e. The number of nitrogens with zero attached hydrogens (tertiary/aromatic N) is 1. The second kappa shape index (κ2) is 8.50. The number of anilines is 1. The Kier molecular flexibility index (Phi) is 6.99. The summed E-state index contributed by atoms with van der Waals surface area (Å²) >= 11 is 0. The lowest BCUT2D eigenvalue weighted by molar-refractivity contribution is -0.111. The molecule has 0 unspecified atom stereocenters. The van der Waals surface area contributed by atoms with Gasteiger partial charge >= 0.3 is 0 Å². The number of carbonyl (C=O) groups excluding carboxylic acids is 1. The average Bonchev–Trinajstić information content (AvgIpc) is 2.49. The van der Waals surface area contributed by atoms with E-state index in [4.69, 9.17) is 4.74 Å². The molecular formula is C16H22N2O4S. The number of allylic oxidation sites excluding steroid dienone is 3. The topological polar surface area (TPSA) is 75.7 Å². The second-order valence-electron chi connectivity index (χ2n) is 4.76. The van der Waals surface area contributed by atoms with Crippen molar-refractivity contribution in [2.75, 3.05) is 26.0 Å². The lowest BCUT2D eigenvalue weighted by atomic mass is 10.3. The van der Waals surface area contributed by atoms with Crippen LogP contribution in [0.1, 0.15) is 13.8 Å². The first-order valence-electron chi connectivity index (χ1n) is 7.12. The van der Waals surface area contributed by atoms with E-state index in [-0.39, 0.29) is 16.6 Å². The van der Waals surface area contributed by atoms with Gasteiger partial charge in [0.15, 0.2) is 0 Å². The number of amides is 1. The van der Waals surface area contributed by atoms with Crippen molar-refractivity contribution < 1.29 is 17.9 Å². The van der Waals surface area contributed by atoms with E-state index < -0.39 is 10.0 Å². The summed E-state index contributed by atoms with van der Waals surface area (Å²) in [5.74, 6) is -0.0934. The predicted octanol–water partition coefficient (Wildman–Crippen LogP) is 2.41. The molecule has 126 valence electrons. The molecule has 0 heterocycles. The van der Waals surface area contributed by atoms with E-state index in [1.165, 1.54) is 32.3 Å². The highest BCUT2D eigenvalue weighted by molar-refractivity contribution is 7.89. The summed E-state index contributed by atoms with van der Waals surface area (Å²) in [4.78, 5) is 11.8. The van der Waals surface area contributed by atoms with Gasteiger partial charge < -0.3 is 10.1 Å². The quantitative estimate of drug-likeness (QED) is 0.612. The zero-order chi connectivity index (χ0) is 17.5. The van der Waals surface area contributed by atoms with E-state index in [1.807, 2.05) is 6.92 Å². The molecule has 0 saturated heterocycles. The molecule has 6 nitrogen and oxygen atoms in total. The first-order valence-corrected chi connectivity index (χ1v) is 8.56. The molecule has 0 aromatic heterocycles. The van der Waals surface area contributed by atoms with Crippen molar-refractivity contribution in [3.8, 4) is 5.75 Å². The molecule has 0 radical (unpaired) electrons. The van der Waals surface area contributed by atoms with Crippen LogP contribution in [-0.2, 0) is 14.8 Å². The zero-order valence-electron chi connectivity index (χ0n) is 13.7. The molecule has 7 heteroatoms. The van der Waals surface area contributed by atoms with E-state index in [0.29, 0.717) is 12.3 Å². The summed E-state index contributed by atoms with van der Waals surface area (Å²) in [6, 6.07) is 4.52. The minimum atomic E-state index is -3.68. The first kappa shape index (κ1) is 18.9. The number of benzene rings is 1. The summed E-state index contributed by atoms with van der Waals surface area (Å²) < 4.78 is 31.2. The number of hydrogen-bond donors (Lipinski definition) is 1. The molecule has 1 aromatic rings. The number of sulfonamides is 1. The summed E-state index contributed by atoms with van der Waals surface area (Å²) in [7, 11) is -0.800. The molecule has 0 fully saturated rings. The van der Waals surface area contributed by atoms with Crippen molar-refractivity contribution >= 4 is 21.6 Å². The molecule has 1 rings (SSSR count). The van der Waals surface area contributed by atoms with E-state index in [9.17, 15) is 13.2 Å². The number of nitrogens with one attached hydrogen (secondary N) is 1. The van der Waals surface area contributed by atoms with Gasteiger partial charge in [-0.05, 0) is 32.0 Å². The number of carbonyl (C=O) groups is 1. The van der Waals surface area contributed by atoms with E-state index in [2.05, 4.69) is 5.32 Å². The van der Waals surface area contributed by atoms with Crippen LogP contribution >= 0.6 is 0 Å². The van der Waals surface area contributed by atoms with Gasteiger partial charge in [0.1, 0.15) is 10.6 Å². The van der Waals surface area contributed by atoms with Crippen LogP contribution < -0.4 is 10.1 Å². The molecule has 0 saturated carbocycles. The van der Waals surface area contributed by atoms with Gasteiger partial charge in [-0.25, -0.2) is 12.7 Å². The third-order valence-electron chi connectivity index (χ3n) is 2.82. The Morgan fingerprint density at radius 2 is 2.00 bits per heavy atom. The van der Waals surface area contributed by atoms with Crippen molar-refractivity contribution in [2.24, 2.45) is 0 Å². The Labute approximate surface area is 137 Å². The highest BCUT2D eigenvalue weighted by Crippen LogP contribution is 2.29. The van der Waals surface area contributed by atoms with E-state index >= 15 is 0 Å². The standard InChI is InChI=1S/C16H22N2O4S/c1-5-7-8-9-16(19)17-13-10-11-14(22-6-2)15(12-13)23(20,21)18(3)4/h5,7-12H,6H2,1-4H3,(H,17,19)/b7-5+,9-8+. The van der Waals surface area contributed by atoms with Crippen LogP contribution in [0, 0.1) is 0 Å². The molecule has 23 heavy (non-hydrogen) atoms. The number of hydrogen-bond acceptors (Lipinski definition) is 4. The van der Waals surface area contributed by atoms with Gasteiger partial charge in [0, 0.05) is 25.9 Å². The van der Waals surface area contributed by atoms with Crippen LogP contribution in [0.5, 0.6) is 5.75 Å². The number of ether oxygens (including phenoxy) is 1. The molecular weight excluding hydrogens is 316 g/mol. The maximum atomic E-state index is 12.4. The highest BCUT2D eigenvalue weighted by atomic mass is 32.2. The molecule has 0 bridgehead atoms. The van der Waals surface area contributed by atoms with E-state index in [0.717, 1.165) is 4.31 Å². The van der Waals surface area contributed by atoms with Crippen LogP contribution in [0.2, 0.25) is 0 Å². The van der Waals surface area contributed by atoms with Crippen molar-refractivity contribution in [2.45, 2.75) is 18.7 Å². The Morgan fingerprint density at radius 3 is 2.57 bits per heavy atom. The molecule has 1 aromatic carbocycles. The van der Waals surface area contributed by atoms with E-state index in [1.54, 1.807) is 31.2 Å². The van der Waals surface area contributed by atoms with Crippen LogP contribution in [0.4, 0.5) is 5.69 Å². The fraction of sp³-hybridized carbons (Fsp3) is 0.312. The molecule has 1 N–H and O–H groups in total. The predicted molar refractivity (Wildman–Crippen MR) is 91.1 cm³/mol. The lowest BCUT2D eigenvalue weighted by Gasteiger charge is -2.16. The Morgan fingerprint density at radius 1 is 1.30 bits per heavy atom. The second-order valence-corrected chi connectivity index (χ2v) is 6.88. The molecule has 0 aliphatic rings. The van der Waals surface area contributed by atoms with Gasteiger partial charge in [0.25, 0.3) is 0 Å². The minimum absolute atomic E-state index is 0.0135. The molecule has 0 aliphatic heterocycles. The number of rotatable bonds is 7. The van der Waals surface area contributed by atoms with Crippen LogP contribution in [0.15, 0.2) is 47.4 Å². The van der Waals surface area contributed by atoms with Gasteiger partial charge in [0.2, 0.25) is 15.9 Å². The molecule has 0 aliphatic carbocycles. The van der Waals surface area contributed by atoms with Crippen molar-refractivity contribution in [1.29, 1.82) is 0 Å². The molecule has 0 atom stereocenters. The zero-order valence-corrected chi connectivity index (χ0v) is 14.6. The summed E-state index contributed by atoms with van der Waals surface area (Å²) in [6.45, 7) is 3.95. The Balaban J connectivity index is 3.16. The van der Waals surface area contributed by atoms with Gasteiger partial charge in [-0.15, -0.1) is 0 Å².